The molecule has 1 aliphatic rings. The van der Waals surface area contributed by atoms with E-state index in [1.807, 2.05) is 6.07 Å². The molecule has 1 aliphatic heterocycles. The van der Waals surface area contributed by atoms with Crippen molar-refractivity contribution in [2.75, 3.05) is 45.9 Å². The van der Waals surface area contributed by atoms with Crippen LogP contribution in [0.4, 0.5) is 9.18 Å². The van der Waals surface area contributed by atoms with Gasteiger partial charge in [-0.3, -0.25) is 4.90 Å². The van der Waals surface area contributed by atoms with Crippen molar-refractivity contribution in [3.05, 3.63) is 35.6 Å². The Morgan fingerprint density at radius 2 is 2.00 bits per heavy atom. The average molecular weight is 295 g/mol. The summed E-state index contributed by atoms with van der Waals surface area (Å²) < 4.78 is 18.2. The number of carbonyl (C=O) groups is 1. The lowest BCUT2D eigenvalue weighted by molar-refractivity contribution is 0.0387. The summed E-state index contributed by atoms with van der Waals surface area (Å²) in [5.74, 6) is -0.248. The Kier molecular flexibility index (Phi) is 6.43. The number of carbonyl (C=O) groups excluding carboxylic acids is 1. The molecule has 0 unspecified atom stereocenters. The van der Waals surface area contributed by atoms with E-state index in [-0.39, 0.29) is 11.8 Å². The van der Waals surface area contributed by atoms with Gasteiger partial charge in [0, 0.05) is 32.7 Å². The van der Waals surface area contributed by atoms with Gasteiger partial charge < -0.3 is 15.4 Å². The monoisotopic (exact) mass is 295 g/mol. The van der Waals surface area contributed by atoms with Crippen molar-refractivity contribution in [2.45, 2.75) is 6.42 Å². The van der Waals surface area contributed by atoms with Gasteiger partial charge in [-0.1, -0.05) is 12.1 Å². The molecule has 0 radical (unpaired) electrons. The minimum Gasteiger partial charge on any atom is -0.379 e. The number of benzene rings is 1. The smallest absolute Gasteiger partial charge is 0.314 e. The van der Waals surface area contributed by atoms with Crippen LogP contribution in [0.3, 0.4) is 0 Å². The molecule has 6 heteroatoms. The highest BCUT2D eigenvalue weighted by atomic mass is 19.1. The Hall–Kier alpha value is -1.66. The van der Waals surface area contributed by atoms with E-state index >= 15 is 0 Å². The maximum Gasteiger partial charge on any atom is 0.314 e. The van der Waals surface area contributed by atoms with Gasteiger partial charge in [0.05, 0.1) is 13.2 Å². The molecule has 0 spiro atoms. The normalized spacial score (nSPS) is 15.7. The fourth-order valence-electron chi connectivity index (χ4n) is 2.23. The van der Waals surface area contributed by atoms with Crippen molar-refractivity contribution in [1.29, 1.82) is 0 Å². The molecule has 5 nitrogen and oxygen atoms in total. The molecule has 0 aromatic heterocycles. The molecule has 1 aromatic rings. The zero-order valence-electron chi connectivity index (χ0n) is 12.1. The highest BCUT2D eigenvalue weighted by Crippen LogP contribution is 2.03. The first-order valence-corrected chi connectivity index (χ1v) is 7.30. The lowest BCUT2D eigenvalue weighted by Gasteiger charge is -2.26. The number of hydrogen-bond donors (Lipinski definition) is 2. The number of urea groups is 1. The van der Waals surface area contributed by atoms with Crippen LogP contribution < -0.4 is 10.6 Å². The summed E-state index contributed by atoms with van der Waals surface area (Å²) in [6.07, 6.45) is 0.620. The first kappa shape index (κ1) is 15.7. The van der Waals surface area contributed by atoms with Crippen LogP contribution in [0, 0.1) is 5.82 Å². The van der Waals surface area contributed by atoms with Crippen LogP contribution in [0.1, 0.15) is 5.56 Å². The molecule has 21 heavy (non-hydrogen) atoms. The zero-order chi connectivity index (χ0) is 14.9. The van der Waals surface area contributed by atoms with Gasteiger partial charge in [0.1, 0.15) is 5.82 Å². The molecule has 2 amide bonds. The number of rotatable bonds is 6. The highest BCUT2D eigenvalue weighted by Gasteiger charge is 2.09. The van der Waals surface area contributed by atoms with Gasteiger partial charge in [-0.15, -0.1) is 0 Å². The molecule has 0 aliphatic carbocycles. The van der Waals surface area contributed by atoms with Crippen molar-refractivity contribution in [3.8, 4) is 0 Å². The molecular formula is C15H22FN3O2. The third kappa shape index (κ3) is 6.10. The van der Waals surface area contributed by atoms with Crippen LogP contribution in [0.15, 0.2) is 24.3 Å². The third-order valence-electron chi connectivity index (χ3n) is 3.41. The number of nitrogens with one attached hydrogen (secondary N) is 2. The predicted octanol–water partition coefficient (Wildman–Crippen LogP) is 1.000. The van der Waals surface area contributed by atoms with E-state index in [1.54, 1.807) is 6.07 Å². The predicted molar refractivity (Wildman–Crippen MR) is 78.8 cm³/mol. The Balaban J connectivity index is 1.55. The van der Waals surface area contributed by atoms with E-state index in [0.717, 1.165) is 38.4 Å². The van der Waals surface area contributed by atoms with E-state index in [9.17, 15) is 9.18 Å². The van der Waals surface area contributed by atoms with Crippen molar-refractivity contribution in [2.24, 2.45) is 0 Å². The molecule has 1 saturated heterocycles. The van der Waals surface area contributed by atoms with Crippen LogP contribution in [-0.2, 0) is 11.2 Å². The summed E-state index contributed by atoms with van der Waals surface area (Å²) >= 11 is 0. The molecule has 0 atom stereocenters. The standard InChI is InChI=1S/C15H22FN3O2/c16-14-3-1-2-13(12-14)4-5-17-15(20)18-6-7-19-8-10-21-11-9-19/h1-3,12H,4-11H2,(H2,17,18,20). The van der Waals surface area contributed by atoms with E-state index in [1.165, 1.54) is 12.1 Å². The van der Waals surface area contributed by atoms with Crippen LogP contribution in [-0.4, -0.2) is 56.9 Å². The van der Waals surface area contributed by atoms with Gasteiger partial charge in [0.2, 0.25) is 0 Å². The Labute approximate surface area is 124 Å². The topological polar surface area (TPSA) is 53.6 Å². The lowest BCUT2D eigenvalue weighted by Crippen LogP contribution is -2.44. The largest absolute Gasteiger partial charge is 0.379 e. The second-order valence-electron chi connectivity index (χ2n) is 5.02. The van der Waals surface area contributed by atoms with Crippen molar-refractivity contribution >= 4 is 6.03 Å². The van der Waals surface area contributed by atoms with Crippen molar-refractivity contribution in [3.63, 3.8) is 0 Å². The number of hydrogen-bond acceptors (Lipinski definition) is 3. The Morgan fingerprint density at radius 3 is 2.76 bits per heavy atom. The quantitative estimate of drug-likeness (QED) is 0.823. The second kappa shape index (κ2) is 8.59. The Bertz CT molecular complexity index is 450. The number of morpholine rings is 1. The minimum atomic E-state index is -0.248. The molecule has 2 rings (SSSR count). The van der Waals surface area contributed by atoms with Gasteiger partial charge in [-0.25, -0.2) is 9.18 Å². The fraction of sp³-hybridized carbons (Fsp3) is 0.533. The molecule has 1 aromatic carbocycles. The van der Waals surface area contributed by atoms with Crippen LogP contribution >= 0.6 is 0 Å². The van der Waals surface area contributed by atoms with E-state index in [0.29, 0.717) is 19.5 Å². The molecule has 1 fully saturated rings. The van der Waals surface area contributed by atoms with Gasteiger partial charge in [0.25, 0.3) is 0 Å². The molecule has 2 N–H and O–H groups in total. The minimum absolute atomic E-state index is 0.181. The maximum atomic E-state index is 13.0. The first-order valence-electron chi connectivity index (χ1n) is 7.30. The van der Waals surface area contributed by atoms with E-state index in [2.05, 4.69) is 15.5 Å². The van der Waals surface area contributed by atoms with Crippen molar-refractivity contribution < 1.29 is 13.9 Å². The van der Waals surface area contributed by atoms with Gasteiger partial charge >= 0.3 is 6.03 Å². The van der Waals surface area contributed by atoms with Gasteiger partial charge in [0.15, 0.2) is 0 Å². The summed E-state index contributed by atoms with van der Waals surface area (Å²) in [6.45, 7) is 5.31. The fourth-order valence-corrected chi connectivity index (χ4v) is 2.23. The average Bonchev–Trinajstić information content (AvgIpc) is 2.48. The van der Waals surface area contributed by atoms with Gasteiger partial charge in [-0.05, 0) is 24.1 Å². The SMILES string of the molecule is O=C(NCCc1cccc(F)c1)NCCN1CCOCC1. The summed E-state index contributed by atoms with van der Waals surface area (Å²) in [5.41, 5.74) is 0.878. The number of halogens is 1. The van der Waals surface area contributed by atoms with E-state index in [4.69, 9.17) is 4.74 Å². The summed E-state index contributed by atoms with van der Waals surface area (Å²) in [4.78, 5) is 13.9. The lowest BCUT2D eigenvalue weighted by atomic mass is 10.1. The van der Waals surface area contributed by atoms with Crippen molar-refractivity contribution in [1.82, 2.24) is 15.5 Å². The summed E-state index contributed by atoms with van der Waals surface area (Å²) in [7, 11) is 0. The maximum absolute atomic E-state index is 13.0. The highest BCUT2D eigenvalue weighted by molar-refractivity contribution is 5.73. The molecule has 1 heterocycles. The number of nitrogens with zero attached hydrogens (tertiary/aromatic N) is 1. The third-order valence-corrected chi connectivity index (χ3v) is 3.41. The number of amides is 2. The molecule has 116 valence electrons. The zero-order valence-corrected chi connectivity index (χ0v) is 12.1. The molecule has 0 bridgehead atoms. The summed E-state index contributed by atoms with van der Waals surface area (Å²) in [6, 6.07) is 6.24. The van der Waals surface area contributed by atoms with Crippen LogP contribution in [0.5, 0.6) is 0 Å². The first-order chi connectivity index (χ1) is 10.2. The number of ether oxygens (including phenoxy) is 1. The second-order valence-corrected chi connectivity index (χ2v) is 5.02. The van der Waals surface area contributed by atoms with Crippen LogP contribution in [0.2, 0.25) is 0 Å². The van der Waals surface area contributed by atoms with Crippen LogP contribution in [0.25, 0.3) is 0 Å². The molecular weight excluding hydrogens is 273 g/mol. The van der Waals surface area contributed by atoms with Gasteiger partial charge in [-0.2, -0.15) is 0 Å². The molecule has 0 saturated carbocycles. The van der Waals surface area contributed by atoms with E-state index < -0.39 is 0 Å². The Morgan fingerprint density at radius 1 is 1.24 bits per heavy atom. The summed E-state index contributed by atoms with van der Waals surface area (Å²) in [5, 5.41) is 5.59.